The van der Waals surface area contributed by atoms with Gasteiger partial charge in [-0.05, 0) is 29.8 Å². The molecular formula is C15H10FN3O2. The minimum atomic E-state index is -0.790. The zero-order valence-corrected chi connectivity index (χ0v) is 10.7. The van der Waals surface area contributed by atoms with Crippen molar-refractivity contribution in [2.75, 3.05) is 5.32 Å². The number of benzene rings is 1. The molecule has 0 spiro atoms. The summed E-state index contributed by atoms with van der Waals surface area (Å²) in [6.45, 7) is 0. The number of carbonyl (C=O) groups is 1. The van der Waals surface area contributed by atoms with Crippen molar-refractivity contribution in [1.82, 2.24) is 4.98 Å². The molecule has 0 aliphatic carbocycles. The molecule has 0 atom stereocenters. The van der Waals surface area contributed by atoms with Gasteiger partial charge in [0.05, 0.1) is 5.69 Å². The van der Waals surface area contributed by atoms with E-state index in [9.17, 15) is 9.18 Å². The predicted molar refractivity (Wildman–Crippen MR) is 74.5 cm³/mol. The van der Waals surface area contributed by atoms with E-state index in [0.717, 1.165) is 6.07 Å². The van der Waals surface area contributed by atoms with E-state index < -0.39 is 11.7 Å². The summed E-state index contributed by atoms with van der Waals surface area (Å²) in [6.07, 6.45) is 4.40. The topological polar surface area (TPSA) is 86.0 Å². The molecule has 21 heavy (non-hydrogen) atoms. The number of halogens is 1. The maximum absolute atomic E-state index is 13.5. The van der Waals surface area contributed by atoms with E-state index >= 15 is 0 Å². The highest BCUT2D eigenvalue weighted by Gasteiger charge is 2.12. The third kappa shape index (κ3) is 3.64. The number of pyridine rings is 1. The molecular weight excluding hydrogens is 273 g/mol. The minimum Gasteiger partial charge on any atom is -0.508 e. The Kier molecular flexibility index (Phi) is 4.26. The van der Waals surface area contributed by atoms with E-state index in [0.29, 0.717) is 5.56 Å². The molecule has 5 nitrogen and oxygen atoms in total. The van der Waals surface area contributed by atoms with Crippen LogP contribution in [0.3, 0.4) is 0 Å². The van der Waals surface area contributed by atoms with Gasteiger partial charge in [0, 0.05) is 18.5 Å². The van der Waals surface area contributed by atoms with Gasteiger partial charge in [-0.3, -0.25) is 9.78 Å². The van der Waals surface area contributed by atoms with Crippen molar-refractivity contribution in [3.63, 3.8) is 0 Å². The number of phenolic OH excluding ortho intramolecular Hbond substituents is 1. The number of hydrogen-bond acceptors (Lipinski definition) is 4. The zero-order chi connectivity index (χ0) is 15.2. The van der Waals surface area contributed by atoms with Crippen molar-refractivity contribution in [3.8, 4) is 11.8 Å². The standard InChI is InChI=1S/C15H10FN3O2/c16-13-7-12(20)3-4-14(13)19-15(21)11(8-17)6-10-2-1-5-18-9-10/h1-7,9,20H,(H,19,21)/b11-6+. The summed E-state index contributed by atoms with van der Waals surface area (Å²) in [7, 11) is 0. The lowest BCUT2D eigenvalue weighted by Gasteiger charge is -2.05. The molecule has 0 saturated carbocycles. The first-order chi connectivity index (χ1) is 10.1. The normalized spacial score (nSPS) is 10.8. The maximum atomic E-state index is 13.5. The van der Waals surface area contributed by atoms with Gasteiger partial charge in [-0.1, -0.05) is 6.07 Å². The summed E-state index contributed by atoms with van der Waals surface area (Å²) in [5, 5.41) is 20.4. The molecule has 1 heterocycles. The van der Waals surface area contributed by atoms with Gasteiger partial charge in [-0.2, -0.15) is 5.26 Å². The van der Waals surface area contributed by atoms with Crippen LogP contribution >= 0.6 is 0 Å². The molecule has 0 saturated heterocycles. The number of amides is 1. The van der Waals surface area contributed by atoms with Gasteiger partial charge in [-0.25, -0.2) is 4.39 Å². The maximum Gasteiger partial charge on any atom is 0.266 e. The monoisotopic (exact) mass is 283 g/mol. The number of hydrogen-bond donors (Lipinski definition) is 2. The molecule has 0 bridgehead atoms. The molecule has 6 heteroatoms. The van der Waals surface area contributed by atoms with Crippen molar-refractivity contribution < 1.29 is 14.3 Å². The number of carbonyl (C=O) groups excluding carboxylic acids is 1. The fourth-order valence-electron chi connectivity index (χ4n) is 1.57. The number of nitrogens with one attached hydrogen (secondary N) is 1. The molecule has 0 radical (unpaired) electrons. The second-order valence-corrected chi connectivity index (χ2v) is 4.07. The molecule has 0 aliphatic rings. The quantitative estimate of drug-likeness (QED) is 0.514. The molecule has 1 aromatic carbocycles. The first-order valence-corrected chi connectivity index (χ1v) is 5.92. The average molecular weight is 283 g/mol. The molecule has 104 valence electrons. The van der Waals surface area contributed by atoms with E-state index in [1.807, 2.05) is 0 Å². The Hall–Kier alpha value is -3.20. The average Bonchev–Trinajstić information content (AvgIpc) is 2.48. The zero-order valence-electron chi connectivity index (χ0n) is 10.7. The van der Waals surface area contributed by atoms with Crippen LogP contribution in [-0.2, 0) is 4.79 Å². The highest BCUT2D eigenvalue weighted by molar-refractivity contribution is 6.09. The fraction of sp³-hybridized carbons (Fsp3) is 0. The Bertz CT molecular complexity index is 736. The Labute approximate surface area is 120 Å². The minimum absolute atomic E-state index is 0.120. The van der Waals surface area contributed by atoms with Crippen LogP contribution < -0.4 is 5.32 Å². The van der Waals surface area contributed by atoms with Crippen molar-refractivity contribution in [1.29, 1.82) is 5.26 Å². The molecule has 0 fully saturated rings. The molecule has 0 unspecified atom stereocenters. The van der Waals surface area contributed by atoms with Crippen molar-refractivity contribution >= 4 is 17.7 Å². The lowest BCUT2D eigenvalue weighted by molar-refractivity contribution is -0.112. The van der Waals surface area contributed by atoms with Gasteiger partial charge in [0.2, 0.25) is 0 Å². The Morgan fingerprint density at radius 3 is 2.86 bits per heavy atom. The molecule has 2 aromatic rings. The molecule has 1 aromatic heterocycles. The summed E-state index contributed by atoms with van der Waals surface area (Å²) in [5.74, 6) is -1.79. The number of anilines is 1. The van der Waals surface area contributed by atoms with Crippen molar-refractivity contribution in [2.24, 2.45) is 0 Å². The van der Waals surface area contributed by atoms with Crippen LogP contribution in [0.15, 0.2) is 48.3 Å². The van der Waals surface area contributed by atoms with Gasteiger partial charge in [0.15, 0.2) is 0 Å². The lowest BCUT2D eigenvalue weighted by atomic mass is 10.1. The van der Waals surface area contributed by atoms with Crippen molar-refractivity contribution in [2.45, 2.75) is 0 Å². The Balaban J connectivity index is 2.22. The SMILES string of the molecule is N#C/C(=C\c1cccnc1)C(=O)Nc1ccc(O)cc1F. The van der Waals surface area contributed by atoms with E-state index in [1.54, 1.807) is 24.4 Å². The fourth-order valence-corrected chi connectivity index (χ4v) is 1.57. The largest absolute Gasteiger partial charge is 0.508 e. The van der Waals surface area contributed by atoms with Crippen LogP contribution in [0.1, 0.15) is 5.56 Å². The summed E-state index contributed by atoms with van der Waals surface area (Å²) in [4.78, 5) is 15.8. The number of aromatic nitrogens is 1. The van der Waals surface area contributed by atoms with Gasteiger partial charge in [-0.15, -0.1) is 0 Å². The highest BCUT2D eigenvalue weighted by atomic mass is 19.1. The van der Waals surface area contributed by atoms with Crippen molar-refractivity contribution in [3.05, 3.63) is 59.7 Å². The van der Waals surface area contributed by atoms with Crippen LogP contribution in [-0.4, -0.2) is 16.0 Å². The van der Waals surface area contributed by atoms with Gasteiger partial charge >= 0.3 is 0 Å². The highest BCUT2D eigenvalue weighted by Crippen LogP contribution is 2.20. The number of phenols is 1. The number of rotatable bonds is 3. The first kappa shape index (κ1) is 14.2. The van der Waals surface area contributed by atoms with E-state index in [4.69, 9.17) is 10.4 Å². The van der Waals surface area contributed by atoms with E-state index in [1.165, 1.54) is 24.4 Å². The second-order valence-electron chi connectivity index (χ2n) is 4.07. The molecule has 0 aliphatic heterocycles. The van der Waals surface area contributed by atoms with Gasteiger partial charge < -0.3 is 10.4 Å². The van der Waals surface area contributed by atoms with Crippen LogP contribution in [0.4, 0.5) is 10.1 Å². The summed E-state index contributed by atoms with van der Waals surface area (Å²) in [6, 6.07) is 8.40. The summed E-state index contributed by atoms with van der Waals surface area (Å²) in [5.41, 5.74) is 0.274. The number of aromatic hydroxyl groups is 1. The van der Waals surface area contributed by atoms with Crippen LogP contribution in [0.25, 0.3) is 6.08 Å². The molecule has 2 N–H and O–H groups in total. The second kappa shape index (κ2) is 6.30. The molecule has 1 amide bonds. The summed E-state index contributed by atoms with van der Waals surface area (Å²) < 4.78 is 13.5. The predicted octanol–water partition coefficient (Wildman–Crippen LogP) is 2.47. The van der Waals surface area contributed by atoms with Gasteiger partial charge in [0.1, 0.15) is 23.2 Å². The van der Waals surface area contributed by atoms with Crippen LogP contribution in [0, 0.1) is 17.1 Å². The Morgan fingerprint density at radius 2 is 2.24 bits per heavy atom. The summed E-state index contributed by atoms with van der Waals surface area (Å²) >= 11 is 0. The third-order valence-electron chi connectivity index (χ3n) is 2.56. The molecule has 2 rings (SSSR count). The smallest absolute Gasteiger partial charge is 0.266 e. The number of nitrogens with zero attached hydrogens (tertiary/aromatic N) is 2. The number of nitriles is 1. The first-order valence-electron chi connectivity index (χ1n) is 5.92. The van der Waals surface area contributed by atoms with E-state index in [2.05, 4.69) is 10.3 Å². The third-order valence-corrected chi connectivity index (χ3v) is 2.56. The van der Waals surface area contributed by atoms with Gasteiger partial charge in [0.25, 0.3) is 5.91 Å². The van der Waals surface area contributed by atoms with Crippen LogP contribution in [0.2, 0.25) is 0 Å². The van der Waals surface area contributed by atoms with E-state index in [-0.39, 0.29) is 17.0 Å². The van der Waals surface area contributed by atoms with Crippen LogP contribution in [0.5, 0.6) is 5.75 Å². The lowest BCUT2D eigenvalue weighted by Crippen LogP contribution is -2.14. The Morgan fingerprint density at radius 1 is 1.43 bits per heavy atom.